The van der Waals surface area contributed by atoms with Crippen molar-refractivity contribution in [3.8, 4) is 11.3 Å². The molecule has 3 aromatic heterocycles. The van der Waals surface area contributed by atoms with Crippen LogP contribution in [-0.2, 0) is 13.6 Å². The van der Waals surface area contributed by atoms with E-state index < -0.39 is 11.6 Å². The average Bonchev–Trinajstić information content (AvgIpc) is 3.38. The van der Waals surface area contributed by atoms with E-state index in [9.17, 15) is 13.6 Å². The summed E-state index contributed by atoms with van der Waals surface area (Å²) in [4.78, 5) is 21.4. The molecule has 0 aliphatic heterocycles. The van der Waals surface area contributed by atoms with Crippen LogP contribution in [0.25, 0.3) is 27.9 Å². The van der Waals surface area contributed by atoms with Crippen molar-refractivity contribution in [2.45, 2.75) is 25.4 Å². The number of fused-ring (bicyclic) bond motifs is 3. The molecule has 6 rings (SSSR count). The zero-order valence-corrected chi connectivity index (χ0v) is 18.8. The minimum atomic E-state index is -0.979. The van der Waals surface area contributed by atoms with E-state index in [-0.39, 0.29) is 17.5 Å². The third kappa shape index (κ3) is 3.96. The Morgan fingerprint density at radius 2 is 1.89 bits per heavy atom. The summed E-state index contributed by atoms with van der Waals surface area (Å²) in [5.74, 6) is -1.64. The number of nitrogens with zero attached hydrogens (tertiary/aromatic N) is 5. The number of benzene rings is 2. The van der Waals surface area contributed by atoms with Gasteiger partial charge in [0.25, 0.3) is 5.91 Å². The molecule has 0 saturated heterocycles. The van der Waals surface area contributed by atoms with Gasteiger partial charge in [0.15, 0.2) is 23.1 Å². The van der Waals surface area contributed by atoms with Gasteiger partial charge in [-0.1, -0.05) is 12.1 Å². The van der Waals surface area contributed by atoms with Crippen molar-refractivity contribution in [2.75, 3.05) is 5.32 Å². The predicted molar refractivity (Wildman–Crippen MR) is 127 cm³/mol. The first-order chi connectivity index (χ1) is 17.0. The van der Waals surface area contributed by atoms with Crippen LogP contribution < -0.4 is 10.6 Å². The van der Waals surface area contributed by atoms with Crippen molar-refractivity contribution in [1.82, 2.24) is 29.5 Å². The van der Waals surface area contributed by atoms with Crippen molar-refractivity contribution < 1.29 is 13.6 Å². The van der Waals surface area contributed by atoms with Crippen molar-refractivity contribution in [3.63, 3.8) is 0 Å². The number of hydrogen-bond acceptors (Lipinski definition) is 5. The molecule has 176 valence electrons. The number of carbonyl (C=O) groups is 1. The molecule has 2 N–H and O–H groups in total. The smallest absolute Gasteiger partial charge is 0.251 e. The van der Waals surface area contributed by atoms with Crippen LogP contribution in [0, 0.1) is 11.6 Å². The van der Waals surface area contributed by atoms with Crippen LogP contribution in [0.1, 0.15) is 28.9 Å². The minimum absolute atomic E-state index is 0.106. The predicted octanol–water partition coefficient (Wildman–Crippen LogP) is 4.07. The molecule has 8 nitrogen and oxygen atoms in total. The van der Waals surface area contributed by atoms with Crippen LogP contribution >= 0.6 is 0 Å². The fourth-order valence-electron chi connectivity index (χ4n) is 4.07. The first kappa shape index (κ1) is 21.2. The fourth-order valence-corrected chi connectivity index (χ4v) is 4.07. The molecule has 1 fully saturated rings. The van der Waals surface area contributed by atoms with Crippen molar-refractivity contribution in [3.05, 3.63) is 77.8 Å². The summed E-state index contributed by atoms with van der Waals surface area (Å²) in [5.41, 5.74) is 3.91. The molecule has 1 aliphatic carbocycles. The van der Waals surface area contributed by atoms with Gasteiger partial charge in [-0.2, -0.15) is 5.10 Å². The molecule has 0 spiro atoms. The normalized spacial score (nSPS) is 13.5. The van der Waals surface area contributed by atoms with Gasteiger partial charge in [-0.3, -0.25) is 13.9 Å². The van der Waals surface area contributed by atoms with E-state index >= 15 is 0 Å². The Balaban J connectivity index is 1.44. The summed E-state index contributed by atoms with van der Waals surface area (Å²) in [5, 5.41) is 10.5. The summed E-state index contributed by atoms with van der Waals surface area (Å²) in [7, 11) is 1.83. The lowest BCUT2D eigenvalue weighted by atomic mass is 10.1. The van der Waals surface area contributed by atoms with Gasteiger partial charge in [-0.25, -0.2) is 18.7 Å². The molecule has 1 aliphatic rings. The lowest BCUT2D eigenvalue weighted by Gasteiger charge is -2.12. The summed E-state index contributed by atoms with van der Waals surface area (Å²) >= 11 is 0. The maximum Gasteiger partial charge on any atom is 0.251 e. The first-order valence-corrected chi connectivity index (χ1v) is 11.3. The Bertz CT molecular complexity index is 1590. The van der Waals surface area contributed by atoms with E-state index in [2.05, 4.69) is 25.7 Å². The number of amides is 1. The zero-order valence-electron chi connectivity index (χ0n) is 18.8. The van der Waals surface area contributed by atoms with E-state index in [0.717, 1.165) is 36.2 Å². The van der Waals surface area contributed by atoms with Gasteiger partial charge in [-0.05, 0) is 31.0 Å². The minimum Gasteiger partial charge on any atom is -0.361 e. The topological polar surface area (TPSA) is 89.1 Å². The summed E-state index contributed by atoms with van der Waals surface area (Å²) in [6, 6.07) is 11.5. The molecule has 1 amide bonds. The van der Waals surface area contributed by atoms with Crippen molar-refractivity contribution in [1.29, 1.82) is 0 Å². The standard InChI is InChI=1S/C25H21F2N7O/c1-33-9-8-17(32-33)12-28-23-24-29-13-22(34(24)21-11-19(27)18(26)10-20(21)31-23)14-2-4-15(5-3-14)25(35)30-16-6-7-16/h2-5,8-11,13,16H,6-7,12H2,1H3,(H,28,31)(H,30,35). The quantitative estimate of drug-likeness (QED) is 0.388. The largest absolute Gasteiger partial charge is 0.361 e. The van der Waals surface area contributed by atoms with Gasteiger partial charge in [0.1, 0.15) is 0 Å². The number of halogens is 2. The number of anilines is 1. The fraction of sp³-hybridized carbons (Fsp3) is 0.200. The Kier molecular flexibility index (Phi) is 4.94. The average molecular weight is 473 g/mol. The number of nitrogens with one attached hydrogen (secondary N) is 2. The van der Waals surface area contributed by atoms with E-state index in [0.29, 0.717) is 34.8 Å². The van der Waals surface area contributed by atoms with Crippen molar-refractivity contribution >= 4 is 28.4 Å². The van der Waals surface area contributed by atoms with Gasteiger partial charge in [0, 0.05) is 42.5 Å². The number of carbonyl (C=O) groups excluding carboxylic acids is 1. The van der Waals surface area contributed by atoms with Gasteiger partial charge >= 0.3 is 0 Å². The van der Waals surface area contributed by atoms with E-state index in [1.165, 1.54) is 0 Å². The van der Waals surface area contributed by atoms with Gasteiger partial charge in [-0.15, -0.1) is 0 Å². The van der Waals surface area contributed by atoms with Gasteiger partial charge in [0.05, 0.1) is 35.2 Å². The number of imidazole rings is 1. The summed E-state index contributed by atoms with van der Waals surface area (Å²) < 4.78 is 31.8. The third-order valence-corrected chi connectivity index (χ3v) is 6.03. The maximum absolute atomic E-state index is 14.2. The SMILES string of the molecule is Cn1ccc(CNc2nc3cc(F)c(F)cc3n3c(-c4ccc(C(=O)NC5CC5)cc4)cnc23)n1. The molecule has 5 aromatic rings. The summed E-state index contributed by atoms with van der Waals surface area (Å²) in [6.45, 7) is 0.381. The van der Waals surface area contributed by atoms with Crippen LogP contribution in [0.5, 0.6) is 0 Å². The van der Waals surface area contributed by atoms with E-state index in [1.54, 1.807) is 27.4 Å². The van der Waals surface area contributed by atoms with Gasteiger partial charge < -0.3 is 10.6 Å². The Morgan fingerprint density at radius 1 is 1.11 bits per heavy atom. The maximum atomic E-state index is 14.2. The Labute approximate surface area is 198 Å². The third-order valence-electron chi connectivity index (χ3n) is 6.03. The summed E-state index contributed by atoms with van der Waals surface area (Å²) in [6.07, 6.45) is 5.52. The molecule has 0 atom stereocenters. The number of aromatic nitrogens is 5. The highest BCUT2D eigenvalue weighted by atomic mass is 19.2. The molecule has 0 unspecified atom stereocenters. The molecular formula is C25H21F2N7O. The van der Waals surface area contributed by atoms with Crippen LogP contribution in [-0.4, -0.2) is 36.1 Å². The number of rotatable bonds is 6. The second-order valence-corrected chi connectivity index (χ2v) is 8.68. The second-order valence-electron chi connectivity index (χ2n) is 8.68. The lowest BCUT2D eigenvalue weighted by molar-refractivity contribution is 0.0951. The van der Waals surface area contributed by atoms with Crippen LogP contribution in [0.4, 0.5) is 14.6 Å². The molecule has 10 heteroatoms. The molecule has 0 bridgehead atoms. The molecule has 2 aromatic carbocycles. The molecule has 35 heavy (non-hydrogen) atoms. The molecule has 0 radical (unpaired) electrons. The van der Waals surface area contributed by atoms with Crippen LogP contribution in [0.2, 0.25) is 0 Å². The van der Waals surface area contributed by atoms with Gasteiger partial charge in [0.2, 0.25) is 0 Å². The highest BCUT2D eigenvalue weighted by Crippen LogP contribution is 2.30. The monoisotopic (exact) mass is 473 g/mol. The molecule has 3 heterocycles. The first-order valence-electron chi connectivity index (χ1n) is 11.3. The highest BCUT2D eigenvalue weighted by Gasteiger charge is 2.24. The van der Waals surface area contributed by atoms with Crippen LogP contribution in [0.3, 0.4) is 0 Å². The Hall–Kier alpha value is -4.34. The molecule has 1 saturated carbocycles. The zero-order chi connectivity index (χ0) is 24.1. The lowest BCUT2D eigenvalue weighted by Crippen LogP contribution is -2.25. The Morgan fingerprint density at radius 3 is 2.60 bits per heavy atom. The highest BCUT2D eigenvalue weighted by molar-refractivity contribution is 5.95. The van der Waals surface area contributed by atoms with Crippen LogP contribution in [0.15, 0.2) is 54.9 Å². The number of aryl methyl sites for hydroxylation is 1. The number of hydrogen-bond donors (Lipinski definition) is 2. The van der Waals surface area contributed by atoms with E-state index in [1.807, 2.05) is 31.4 Å². The van der Waals surface area contributed by atoms with E-state index in [4.69, 9.17) is 0 Å². The van der Waals surface area contributed by atoms with Crippen molar-refractivity contribution in [2.24, 2.45) is 7.05 Å². The second kappa shape index (κ2) is 8.15. The molecular weight excluding hydrogens is 452 g/mol.